The first-order chi connectivity index (χ1) is 9.78. The SMILES string of the molecule is CC1OCCC1N(C)S(=O)(=O)c1cc(Br)cc(CN)c1F. The van der Waals surface area contributed by atoms with Crippen molar-refractivity contribution in [3.05, 3.63) is 28.0 Å². The van der Waals surface area contributed by atoms with Crippen molar-refractivity contribution in [3.8, 4) is 0 Å². The molecule has 0 aromatic heterocycles. The first kappa shape index (κ1) is 16.8. The molecule has 1 saturated heterocycles. The number of nitrogens with two attached hydrogens (primary N) is 1. The Morgan fingerprint density at radius 1 is 1.52 bits per heavy atom. The molecule has 0 bridgehead atoms. The lowest BCUT2D eigenvalue weighted by atomic mass is 10.2. The Hall–Kier alpha value is -0.540. The van der Waals surface area contributed by atoms with E-state index < -0.39 is 15.8 Å². The van der Waals surface area contributed by atoms with Gasteiger partial charge in [-0.2, -0.15) is 4.31 Å². The van der Waals surface area contributed by atoms with Crippen molar-refractivity contribution in [2.45, 2.75) is 36.9 Å². The number of rotatable bonds is 4. The fourth-order valence-corrected chi connectivity index (χ4v) is 4.72. The van der Waals surface area contributed by atoms with Gasteiger partial charge in [0.15, 0.2) is 0 Å². The van der Waals surface area contributed by atoms with Crippen LogP contribution in [0.5, 0.6) is 0 Å². The maximum atomic E-state index is 14.4. The summed E-state index contributed by atoms with van der Waals surface area (Å²) in [5, 5.41) is 0. The molecule has 2 unspecified atom stereocenters. The van der Waals surface area contributed by atoms with Crippen LogP contribution in [0.25, 0.3) is 0 Å². The third kappa shape index (κ3) is 3.14. The number of sulfonamides is 1. The quantitative estimate of drug-likeness (QED) is 0.864. The van der Waals surface area contributed by atoms with Crippen LogP contribution >= 0.6 is 15.9 Å². The van der Waals surface area contributed by atoms with Gasteiger partial charge in [-0.3, -0.25) is 0 Å². The molecule has 8 heteroatoms. The Morgan fingerprint density at radius 2 is 2.19 bits per heavy atom. The average Bonchev–Trinajstić information content (AvgIpc) is 2.85. The highest BCUT2D eigenvalue weighted by Gasteiger charge is 2.37. The van der Waals surface area contributed by atoms with Crippen molar-refractivity contribution in [1.29, 1.82) is 0 Å². The summed E-state index contributed by atoms with van der Waals surface area (Å²) >= 11 is 3.20. The van der Waals surface area contributed by atoms with E-state index in [-0.39, 0.29) is 29.1 Å². The van der Waals surface area contributed by atoms with Crippen molar-refractivity contribution in [1.82, 2.24) is 4.31 Å². The van der Waals surface area contributed by atoms with E-state index in [4.69, 9.17) is 10.5 Å². The molecule has 1 aromatic carbocycles. The lowest BCUT2D eigenvalue weighted by Crippen LogP contribution is -2.41. The molecule has 1 heterocycles. The standard InChI is InChI=1S/C13H18BrFN2O3S/c1-8-11(3-4-20-8)17(2)21(18,19)12-6-10(14)5-9(7-16)13(12)15/h5-6,8,11H,3-4,7,16H2,1-2H3. The normalized spacial score (nSPS) is 23.0. The number of ether oxygens (including phenoxy) is 1. The zero-order chi connectivity index (χ0) is 15.8. The highest BCUT2D eigenvalue weighted by Crippen LogP contribution is 2.29. The maximum absolute atomic E-state index is 14.4. The highest BCUT2D eigenvalue weighted by atomic mass is 79.9. The van der Waals surface area contributed by atoms with E-state index in [2.05, 4.69) is 15.9 Å². The molecule has 1 aliphatic heterocycles. The molecular formula is C13H18BrFN2O3S. The number of hydrogen-bond donors (Lipinski definition) is 1. The Balaban J connectivity index is 2.46. The molecule has 2 atom stereocenters. The summed E-state index contributed by atoms with van der Waals surface area (Å²) in [5.41, 5.74) is 5.62. The Kier molecular flexibility index (Phi) is 5.04. The lowest BCUT2D eigenvalue weighted by molar-refractivity contribution is 0.102. The first-order valence-electron chi connectivity index (χ1n) is 6.56. The molecular weight excluding hydrogens is 363 g/mol. The largest absolute Gasteiger partial charge is 0.377 e. The molecule has 1 fully saturated rings. The molecule has 118 valence electrons. The summed E-state index contributed by atoms with van der Waals surface area (Å²) in [6, 6.07) is 2.45. The Labute approximate surface area is 132 Å². The second kappa shape index (κ2) is 6.29. The van der Waals surface area contributed by atoms with E-state index in [1.807, 2.05) is 6.92 Å². The van der Waals surface area contributed by atoms with Crippen molar-refractivity contribution in [3.63, 3.8) is 0 Å². The zero-order valence-electron chi connectivity index (χ0n) is 11.8. The van der Waals surface area contributed by atoms with E-state index in [1.165, 1.54) is 23.5 Å². The third-order valence-corrected chi connectivity index (χ3v) is 6.10. The monoisotopic (exact) mass is 380 g/mol. The van der Waals surface area contributed by atoms with Gasteiger partial charge in [-0.25, -0.2) is 12.8 Å². The maximum Gasteiger partial charge on any atom is 0.246 e. The molecule has 1 aromatic rings. The topological polar surface area (TPSA) is 72.6 Å². The van der Waals surface area contributed by atoms with Gasteiger partial charge in [0.2, 0.25) is 10.0 Å². The predicted molar refractivity (Wildman–Crippen MR) is 80.8 cm³/mol. The van der Waals surface area contributed by atoms with Gasteiger partial charge in [0.05, 0.1) is 12.1 Å². The zero-order valence-corrected chi connectivity index (χ0v) is 14.2. The fourth-order valence-electron chi connectivity index (χ4n) is 2.49. The van der Waals surface area contributed by atoms with Gasteiger partial charge in [-0.1, -0.05) is 15.9 Å². The van der Waals surface area contributed by atoms with Crippen molar-refractivity contribution < 1.29 is 17.5 Å². The van der Waals surface area contributed by atoms with Crippen LogP contribution in [0, 0.1) is 5.82 Å². The van der Waals surface area contributed by atoms with Crippen LogP contribution < -0.4 is 5.73 Å². The summed E-state index contributed by atoms with van der Waals surface area (Å²) in [6.07, 6.45) is 0.380. The molecule has 2 N–H and O–H groups in total. The molecule has 5 nitrogen and oxygen atoms in total. The summed E-state index contributed by atoms with van der Waals surface area (Å²) in [4.78, 5) is -0.362. The van der Waals surface area contributed by atoms with Gasteiger partial charge in [0.25, 0.3) is 0 Å². The van der Waals surface area contributed by atoms with Gasteiger partial charge < -0.3 is 10.5 Å². The van der Waals surface area contributed by atoms with Gasteiger partial charge in [0.1, 0.15) is 10.7 Å². The van der Waals surface area contributed by atoms with Gasteiger partial charge in [-0.05, 0) is 25.5 Å². The van der Waals surface area contributed by atoms with Crippen molar-refractivity contribution >= 4 is 26.0 Å². The van der Waals surface area contributed by atoms with Gasteiger partial charge >= 0.3 is 0 Å². The first-order valence-corrected chi connectivity index (χ1v) is 8.80. The lowest BCUT2D eigenvalue weighted by Gasteiger charge is -2.26. The minimum atomic E-state index is -3.95. The molecule has 0 saturated carbocycles. The molecule has 0 radical (unpaired) electrons. The predicted octanol–water partition coefficient (Wildman–Crippen LogP) is 1.84. The van der Waals surface area contributed by atoms with Crippen molar-refractivity contribution in [2.75, 3.05) is 13.7 Å². The number of nitrogens with zero attached hydrogens (tertiary/aromatic N) is 1. The van der Waals surface area contributed by atoms with E-state index in [0.29, 0.717) is 17.5 Å². The van der Waals surface area contributed by atoms with Crippen LogP contribution in [0.1, 0.15) is 18.9 Å². The van der Waals surface area contributed by atoms with Crippen LogP contribution in [-0.4, -0.2) is 38.5 Å². The average molecular weight is 381 g/mol. The van der Waals surface area contributed by atoms with Crippen LogP contribution in [0.4, 0.5) is 4.39 Å². The molecule has 0 amide bonds. The summed E-state index contributed by atoms with van der Waals surface area (Å²) in [6.45, 7) is 2.24. The second-order valence-electron chi connectivity index (χ2n) is 5.03. The van der Waals surface area contributed by atoms with E-state index in [1.54, 1.807) is 0 Å². The number of likely N-dealkylation sites (N-methyl/N-ethyl adjacent to an activating group) is 1. The Morgan fingerprint density at radius 3 is 2.71 bits per heavy atom. The summed E-state index contributed by atoms with van der Waals surface area (Å²) in [7, 11) is -2.50. The number of halogens is 2. The van der Waals surface area contributed by atoms with Crippen LogP contribution in [0.15, 0.2) is 21.5 Å². The van der Waals surface area contributed by atoms with Gasteiger partial charge in [-0.15, -0.1) is 0 Å². The second-order valence-corrected chi connectivity index (χ2v) is 7.92. The molecule has 0 aliphatic carbocycles. The molecule has 1 aliphatic rings. The third-order valence-electron chi connectivity index (χ3n) is 3.76. The molecule has 2 rings (SSSR count). The minimum Gasteiger partial charge on any atom is -0.377 e. The number of hydrogen-bond acceptors (Lipinski definition) is 4. The van der Waals surface area contributed by atoms with Crippen LogP contribution in [0.3, 0.4) is 0 Å². The summed E-state index contributed by atoms with van der Waals surface area (Å²) < 4.78 is 46.8. The smallest absolute Gasteiger partial charge is 0.246 e. The van der Waals surface area contributed by atoms with Crippen LogP contribution in [0.2, 0.25) is 0 Å². The highest BCUT2D eigenvalue weighted by molar-refractivity contribution is 9.10. The van der Waals surface area contributed by atoms with Crippen LogP contribution in [-0.2, 0) is 21.3 Å². The fraction of sp³-hybridized carbons (Fsp3) is 0.538. The van der Waals surface area contributed by atoms with E-state index in [0.717, 1.165) is 0 Å². The molecule has 21 heavy (non-hydrogen) atoms. The Bertz CT molecular complexity index is 639. The van der Waals surface area contributed by atoms with E-state index >= 15 is 0 Å². The van der Waals surface area contributed by atoms with E-state index in [9.17, 15) is 12.8 Å². The summed E-state index contributed by atoms with van der Waals surface area (Å²) in [5.74, 6) is -0.792. The number of benzene rings is 1. The minimum absolute atomic E-state index is 0.0690. The molecule has 0 spiro atoms. The van der Waals surface area contributed by atoms with Crippen molar-refractivity contribution in [2.24, 2.45) is 5.73 Å². The van der Waals surface area contributed by atoms with Gasteiger partial charge in [0, 0.05) is 30.2 Å².